The van der Waals surface area contributed by atoms with Crippen LogP contribution in [0.25, 0.3) is 0 Å². The molecule has 2 aromatic rings. The summed E-state index contributed by atoms with van der Waals surface area (Å²) >= 11 is 0. The highest BCUT2D eigenvalue weighted by molar-refractivity contribution is 5.44. The van der Waals surface area contributed by atoms with Gasteiger partial charge in [0.1, 0.15) is 12.4 Å². The molecule has 0 spiro atoms. The number of aliphatic hydroxyl groups excluding tert-OH is 1. The Morgan fingerprint density at radius 2 is 1.86 bits per heavy atom. The molecule has 4 nitrogen and oxygen atoms in total. The van der Waals surface area contributed by atoms with Crippen LogP contribution in [0.3, 0.4) is 0 Å². The molecule has 0 saturated carbocycles. The fraction of sp³-hybridized carbons (Fsp3) is 0.294. The van der Waals surface area contributed by atoms with Crippen molar-refractivity contribution in [3.63, 3.8) is 0 Å². The monoisotopic (exact) mass is 305 g/mol. The van der Waals surface area contributed by atoms with Crippen LogP contribution in [0.4, 0.5) is 4.39 Å². The molecule has 0 aliphatic rings. The predicted molar refractivity (Wildman–Crippen MR) is 82.4 cm³/mol. The standard InChI is InChI=1S/C17H20FNO3/c1-21-17-10-13(15(19)8-9-20)4-7-16(17)22-11-12-2-5-14(18)6-3-12/h2-7,10,15,20H,8-9,11,19H2,1H3. The van der Waals surface area contributed by atoms with Crippen LogP contribution in [0.2, 0.25) is 0 Å². The van der Waals surface area contributed by atoms with Crippen LogP contribution in [-0.4, -0.2) is 18.8 Å². The van der Waals surface area contributed by atoms with Crippen molar-refractivity contribution in [3.05, 3.63) is 59.4 Å². The SMILES string of the molecule is COc1cc(C(N)CCO)ccc1OCc1ccc(F)cc1. The quantitative estimate of drug-likeness (QED) is 0.825. The van der Waals surface area contributed by atoms with Crippen molar-refractivity contribution in [2.75, 3.05) is 13.7 Å². The fourth-order valence-corrected chi connectivity index (χ4v) is 2.08. The van der Waals surface area contributed by atoms with Crippen molar-refractivity contribution >= 4 is 0 Å². The van der Waals surface area contributed by atoms with Crippen molar-refractivity contribution in [1.82, 2.24) is 0 Å². The van der Waals surface area contributed by atoms with E-state index >= 15 is 0 Å². The summed E-state index contributed by atoms with van der Waals surface area (Å²) in [5.41, 5.74) is 7.71. The molecule has 5 heteroatoms. The summed E-state index contributed by atoms with van der Waals surface area (Å²) in [6.07, 6.45) is 0.485. The third kappa shape index (κ3) is 4.19. The molecule has 0 aliphatic carbocycles. The zero-order chi connectivity index (χ0) is 15.9. The lowest BCUT2D eigenvalue weighted by Crippen LogP contribution is -2.12. The van der Waals surface area contributed by atoms with Gasteiger partial charge < -0.3 is 20.3 Å². The minimum Gasteiger partial charge on any atom is -0.493 e. The molecule has 0 aliphatic heterocycles. The third-order valence-corrected chi connectivity index (χ3v) is 3.36. The smallest absolute Gasteiger partial charge is 0.161 e. The minimum atomic E-state index is -0.274. The van der Waals surface area contributed by atoms with Crippen molar-refractivity contribution in [2.45, 2.75) is 19.1 Å². The minimum absolute atomic E-state index is 0.0340. The second kappa shape index (κ2) is 7.77. The lowest BCUT2D eigenvalue weighted by Gasteiger charge is -2.15. The molecule has 22 heavy (non-hydrogen) atoms. The Hall–Kier alpha value is -2.11. The zero-order valence-electron chi connectivity index (χ0n) is 12.5. The van der Waals surface area contributed by atoms with E-state index in [1.165, 1.54) is 12.1 Å². The van der Waals surface area contributed by atoms with Crippen molar-refractivity contribution < 1.29 is 19.0 Å². The largest absolute Gasteiger partial charge is 0.493 e. The van der Waals surface area contributed by atoms with E-state index in [1.54, 1.807) is 31.4 Å². The molecule has 0 radical (unpaired) electrons. The van der Waals surface area contributed by atoms with Gasteiger partial charge in [0, 0.05) is 12.6 Å². The first-order valence-electron chi connectivity index (χ1n) is 7.05. The second-order valence-electron chi connectivity index (χ2n) is 4.94. The van der Waals surface area contributed by atoms with Gasteiger partial charge in [0.05, 0.1) is 7.11 Å². The van der Waals surface area contributed by atoms with Crippen LogP contribution < -0.4 is 15.2 Å². The number of nitrogens with two attached hydrogens (primary N) is 1. The van der Waals surface area contributed by atoms with Crippen molar-refractivity contribution in [3.8, 4) is 11.5 Å². The highest BCUT2D eigenvalue weighted by atomic mass is 19.1. The van der Waals surface area contributed by atoms with Gasteiger partial charge in [0.25, 0.3) is 0 Å². The lowest BCUT2D eigenvalue weighted by atomic mass is 10.0. The van der Waals surface area contributed by atoms with Crippen LogP contribution in [0.5, 0.6) is 11.5 Å². The Morgan fingerprint density at radius 1 is 1.14 bits per heavy atom. The van der Waals surface area contributed by atoms with Gasteiger partial charge in [-0.1, -0.05) is 18.2 Å². The summed E-state index contributed by atoms with van der Waals surface area (Å²) < 4.78 is 23.9. The number of hydrogen-bond acceptors (Lipinski definition) is 4. The van der Waals surface area contributed by atoms with Gasteiger partial charge in [-0.3, -0.25) is 0 Å². The van der Waals surface area contributed by atoms with Crippen molar-refractivity contribution in [1.29, 1.82) is 0 Å². The Labute approximate surface area is 129 Å². The lowest BCUT2D eigenvalue weighted by molar-refractivity contribution is 0.275. The second-order valence-corrected chi connectivity index (χ2v) is 4.94. The van der Waals surface area contributed by atoms with E-state index < -0.39 is 0 Å². The summed E-state index contributed by atoms with van der Waals surface area (Å²) in [7, 11) is 1.56. The van der Waals surface area contributed by atoms with Crippen molar-refractivity contribution in [2.24, 2.45) is 5.73 Å². The highest BCUT2D eigenvalue weighted by Gasteiger charge is 2.11. The number of halogens is 1. The average Bonchev–Trinajstić information content (AvgIpc) is 2.54. The summed E-state index contributed by atoms with van der Waals surface area (Å²) in [6.45, 7) is 0.352. The fourth-order valence-electron chi connectivity index (χ4n) is 2.08. The first-order chi connectivity index (χ1) is 10.6. The molecular formula is C17H20FNO3. The van der Waals surface area contributed by atoms with Crippen LogP contribution in [0.15, 0.2) is 42.5 Å². The molecule has 1 unspecified atom stereocenters. The molecule has 0 aromatic heterocycles. The van der Waals surface area contributed by atoms with E-state index in [0.717, 1.165) is 11.1 Å². The molecule has 0 heterocycles. The summed E-state index contributed by atoms with van der Waals surface area (Å²) in [5.74, 6) is 0.892. The van der Waals surface area contributed by atoms with Gasteiger partial charge >= 0.3 is 0 Å². The number of benzene rings is 2. The number of aliphatic hydroxyl groups is 1. The van der Waals surface area contributed by atoms with Gasteiger partial charge in [-0.15, -0.1) is 0 Å². The maximum Gasteiger partial charge on any atom is 0.161 e. The van der Waals surface area contributed by atoms with E-state index in [0.29, 0.717) is 24.5 Å². The molecule has 3 N–H and O–H groups in total. The molecule has 118 valence electrons. The van der Waals surface area contributed by atoms with E-state index in [2.05, 4.69) is 0 Å². The van der Waals surface area contributed by atoms with Gasteiger partial charge in [-0.25, -0.2) is 4.39 Å². The number of hydrogen-bond donors (Lipinski definition) is 2. The summed E-state index contributed by atoms with van der Waals surface area (Å²) in [6, 6.07) is 11.3. The maximum atomic E-state index is 12.9. The molecule has 0 saturated heterocycles. The predicted octanol–water partition coefficient (Wildman–Crippen LogP) is 2.80. The molecule has 1 atom stereocenters. The Kier molecular flexibility index (Phi) is 5.75. The molecule has 0 amide bonds. The van der Waals surface area contributed by atoms with Gasteiger partial charge in [-0.05, 0) is 41.8 Å². The van der Waals surface area contributed by atoms with E-state index in [4.69, 9.17) is 20.3 Å². The average molecular weight is 305 g/mol. The maximum absolute atomic E-state index is 12.9. The van der Waals surface area contributed by atoms with Crippen LogP contribution in [0.1, 0.15) is 23.6 Å². The number of methoxy groups -OCH3 is 1. The molecule has 0 fully saturated rings. The van der Waals surface area contributed by atoms with Crippen LogP contribution in [0, 0.1) is 5.82 Å². The molecule has 2 rings (SSSR count). The van der Waals surface area contributed by atoms with Gasteiger partial charge in [-0.2, -0.15) is 0 Å². The topological polar surface area (TPSA) is 64.7 Å². The summed E-state index contributed by atoms with van der Waals surface area (Å²) in [5, 5.41) is 8.95. The molecule has 2 aromatic carbocycles. The Morgan fingerprint density at radius 3 is 2.50 bits per heavy atom. The molecule has 0 bridgehead atoms. The first kappa shape index (κ1) is 16.3. The van der Waals surface area contributed by atoms with Crippen LogP contribution in [-0.2, 0) is 6.61 Å². The highest BCUT2D eigenvalue weighted by Crippen LogP contribution is 2.31. The summed E-state index contributed by atoms with van der Waals surface area (Å²) in [4.78, 5) is 0. The Bertz CT molecular complexity index is 601. The normalized spacial score (nSPS) is 12.0. The van der Waals surface area contributed by atoms with E-state index in [1.807, 2.05) is 6.07 Å². The number of ether oxygens (including phenoxy) is 2. The van der Waals surface area contributed by atoms with E-state index in [-0.39, 0.29) is 18.5 Å². The Balaban J connectivity index is 2.08. The van der Waals surface area contributed by atoms with Crippen LogP contribution >= 0.6 is 0 Å². The van der Waals surface area contributed by atoms with Gasteiger partial charge in [0.2, 0.25) is 0 Å². The zero-order valence-corrected chi connectivity index (χ0v) is 12.5. The first-order valence-corrected chi connectivity index (χ1v) is 7.05. The van der Waals surface area contributed by atoms with E-state index in [9.17, 15) is 4.39 Å². The molecular weight excluding hydrogens is 285 g/mol. The van der Waals surface area contributed by atoms with Gasteiger partial charge in [0.15, 0.2) is 11.5 Å². The number of rotatable bonds is 7. The third-order valence-electron chi connectivity index (χ3n) is 3.36.